The maximum Gasteiger partial charge on any atom is 0.415 e. The standard InChI is InChI=1S/C15H17N3O4/c1-8(2)18-11-4-3-10(5-9(11)6-13(18)19)17-7-12(14(16)20)22-15(17)21/h3-5,8,12H,6-7H2,1-2H3,(H2,16,20)/t12-/m1/s1. The third kappa shape index (κ3) is 2.18. The van der Waals surface area contributed by atoms with Crippen LogP contribution in [-0.2, 0) is 20.7 Å². The van der Waals surface area contributed by atoms with Gasteiger partial charge in [0.25, 0.3) is 5.91 Å². The molecule has 0 bridgehead atoms. The number of rotatable bonds is 3. The van der Waals surface area contributed by atoms with Gasteiger partial charge in [-0.1, -0.05) is 0 Å². The third-order valence-corrected chi connectivity index (χ3v) is 3.89. The maximum atomic E-state index is 12.1. The molecule has 1 aromatic carbocycles. The van der Waals surface area contributed by atoms with Gasteiger partial charge in [-0.2, -0.15) is 0 Å². The SMILES string of the molecule is CC(C)N1C(=O)Cc2cc(N3C[C@H](C(N)=O)OC3=O)ccc21. The Morgan fingerprint density at radius 1 is 1.36 bits per heavy atom. The zero-order valence-electron chi connectivity index (χ0n) is 12.4. The number of benzene rings is 1. The summed E-state index contributed by atoms with van der Waals surface area (Å²) in [5.74, 6) is -0.626. The van der Waals surface area contributed by atoms with Crippen molar-refractivity contribution in [2.45, 2.75) is 32.4 Å². The molecule has 2 aliphatic rings. The number of carbonyl (C=O) groups excluding carboxylic acids is 3. The monoisotopic (exact) mass is 303 g/mol. The smallest absolute Gasteiger partial charge is 0.415 e. The van der Waals surface area contributed by atoms with Gasteiger partial charge >= 0.3 is 6.09 Å². The van der Waals surface area contributed by atoms with Crippen LogP contribution in [0.2, 0.25) is 0 Å². The molecule has 3 amide bonds. The predicted octanol–water partition coefficient (Wildman–Crippen LogP) is 0.795. The van der Waals surface area contributed by atoms with Crippen LogP contribution in [0, 0.1) is 0 Å². The van der Waals surface area contributed by atoms with Gasteiger partial charge in [0.05, 0.1) is 13.0 Å². The summed E-state index contributed by atoms with van der Waals surface area (Å²) in [6.45, 7) is 4.00. The molecule has 0 unspecified atom stereocenters. The Morgan fingerprint density at radius 2 is 2.09 bits per heavy atom. The van der Waals surface area contributed by atoms with Crippen LogP contribution < -0.4 is 15.5 Å². The van der Waals surface area contributed by atoms with E-state index in [1.54, 1.807) is 17.0 Å². The molecular weight excluding hydrogens is 286 g/mol. The van der Waals surface area contributed by atoms with Gasteiger partial charge in [0.1, 0.15) is 0 Å². The molecular formula is C15H17N3O4. The first-order valence-corrected chi connectivity index (χ1v) is 7.11. The molecule has 7 heteroatoms. The van der Waals surface area contributed by atoms with Gasteiger partial charge in [-0.25, -0.2) is 4.79 Å². The number of hydrogen-bond donors (Lipinski definition) is 1. The second kappa shape index (κ2) is 5.01. The number of cyclic esters (lactones) is 1. The number of anilines is 2. The summed E-state index contributed by atoms with van der Waals surface area (Å²) in [5, 5.41) is 0. The summed E-state index contributed by atoms with van der Waals surface area (Å²) in [5.41, 5.74) is 7.50. The van der Waals surface area contributed by atoms with E-state index in [1.165, 1.54) is 4.90 Å². The van der Waals surface area contributed by atoms with Crippen molar-refractivity contribution in [1.29, 1.82) is 0 Å². The highest BCUT2D eigenvalue weighted by Gasteiger charge is 2.37. The first-order valence-electron chi connectivity index (χ1n) is 7.11. The second-order valence-corrected chi connectivity index (χ2v) is 5.73. The average molecular weight is 303 g/mol. The minimum absolute atomic E-state index is 0.0427. The Labute approximate surface area is 127 Å². The van der Waals surface area contributed by atoms with Crippen LogP contribution in [0.15, 0.2) is 18.2 Å². The number of carbonyl (C=O) groups is 3. The van der Waals surface area contributed by atoms with Gasteiger partial charge in [0.15, 0.2) is 6.10 Å². The summed E-state index contributed by atoms with van der Waals surface area (Å²) in [6.07, 6.45) is -1.23. The van der Waals surface area contributed by atoms with Crippen molar-refractivity contribution >= 4 is 29.3 Å². The van der Waals surface area contributed by atoms with Gasteiger partial charge in [0.2, 0.25) is 5.91 Å². The van der Waals surface area contributed by atoms with E-state index in [1.807, 2.05) is 19.9 Å². The second-order valence-electron chi connectivity index (χ2n) is 5.73. The first-order chi connectivity index (χ1) is 10.4. The molecule has 0 saturated carbocycles. The fraction of sp³-hybridized carbons (Fsp3) is 0.400. The van der Waals surface area contributed by atoms with Crippen LogP contribution in [0.25, 0.3) is 0 Å². The lowest BCUT2D eigenvalue weighted by molar-refractivity contribution is -0.124. The number of nitrogens with zero attached hydrogens (tertiary/aromatic N) is 2. The van der Waals surface area contributed by atoms with E-state index >= 15 is 0 Å². The summed E-state index contributed by atoms with van der Waals surface area (Å²) >= 11 is 0. The van der Waals surface area contributed by atoms with Crippen molar-refractivity contribution in [2.75, 3.05) is 16.3 Å². The zero-order chi connectivity index (χ0) is 16.0. The predicted molar refractivity (Wildman–Crippen MR) is 79.6 cm³/mol. The normalized spacial score (nSPS) is 20.6. The van der Waals surface area contributed by atoms with E-state index in [-0.39, 0.29) is 18.5 Å². The van der Waals surface area contributed by atoms with Crippen molar-refractivity contribution in [3.8, 4) is 0 Å². The Hall–Kier alpha value is -2.57. The van der Waals surface area contributed by atoms with Crippen LogP contribution in [0.4, 0.5) is 16.2 Å². The average Bonchev–Trinajstić information content (AvgIpc) is 2.97. The van der Waals surface area contributed by atoms with Crippen LogP contribution >= 0.6 is 0 Å². The molecule has 1 aromatic rings. The molecule has 7 nitrogen and oxygen atoms in total. The van der Waals surface area contributed by atoms with Crippen LogP contribution in [-0.4, -0.2) is 36.6 Å². The van der Waals surface area contributed by atoms with Crippen LogP contribution in [0.5, 0.6) is 0 Å². The van der Waals surface area contributed by atoms with Crippen LogP contribution in [0.3, 0.4) is 0 Å². The lowest BCUT2D eigenvalue weighted by Crippen LogP contribution is -2.33. The van der Waals surface area contributed by atoms with Crippen LogP contribution in [0.1, 0.15) is 19.4 Å². The molecule has 0 spiro atoms. The maximum absolute atomic E-state index is 12.1. The molecule has 116 valence electrons. The quantitative estimate of drug-likeness (QED) is 0.893. The fourth-order valence-corrected chi connectivity index (χ4v) is 2.89. The molecule has 2 heterocycles. The van der Waals surface area contributed by atoms with E-state index in [9.17, 15) is 14.4 Å². The Bertz CT molecular complexity index is 671. The topological polar surface area (TPSA) is 92.9 Å². The van der Waals surface area contributed by atoms with Crippen molar-refractivity contribution in [1.82, 2.24) is 0 Å². The van der Waals surface area contributed by atoms with Gasteiger partial charge < -0.3 is 15.4 Å². The van der Waals surface area contributed by atoms with Gasteiger partial charge in [0, 0.05) is 17.4 Å². The largest absolute Gasteiger partial charge is 0.434 e. The summed E-state index contributed by atoms with van der Waals surface area (Å²) in [6, 6.07) is 5.44. The fourth-order valence-electron chi connectivity index (χ4n) is 2.89. The number of fused-ring (bicyclic) bond motifs is 1. The molecule has 3 rings (SSSR count). The molecule has 2 N–H and O–H groups in total. The molecule has 1 saturated heterocycles. The molecule has 0 aliphatic carbocycles. The molecule has 22 heavy (non-hydrogen) atoms. The number of ether oxygens (including phenoxy) is 1. The Morgan fingerprint density at radius 3 is 2.68 bits per heavy atom. The van der Waals surface area contributed by atoms with E-state index in [0.29, 0.717) is 12.1 Å². The minimum Gasteiger partial charge on any atom is -0.434 e. The molecule has 0 aromatic heterocycles. The Kier molecular flexibility index (Phi) is 3.27. The van der Waals surface area contributed by atoms with Crippen molar-refractivity contribution in [3.05, 3.63) is 23.8 Å². The highest BCUT2D eigenvalue weighted by atomic mass is 16.6. The number of amides is 3. The molecule has 1 fully saturated rings. The summed E-state index contributed by atoms with van der Waals surface area (Å²) in [7, 11) is 0. The highest BCUT2D eigenvalue weighted by molar-refractivity contribution is 6.03. The van der Waals surface area contributed by atoms with Crippen molar-refractivity contribution in [2.24, 2.45) is 5.73 Å². The van der Waals surface area contributed by atoms with Gasteiger partial charge in [-0.15, -0.1) is 0 Å². The first kappa shape index (κ1) is 14.4. The lowest BCUT2D eigenvalue weighted by Gasteiger charge is -2.22. The van der Waals surface area contributed by atoms with E-state index in [4.69, 9.17) is 10.5 Å². The number of primary amides is 1. The number of hydrogen-bond acceptors (Lipinski definition) is 4. The highest BCUT2D eigenvalue weighted by Crippen LogP contribution is 2.34. The van der Waals surface area contributed by atoms with Gasteiger partial charge in [-0.3, -0.25) is 14.5 Å². The van der Waals surface area contributed by atoms with E-state index in [2.05, 4.69) is 0 Å². The lowest BCUT2D eigenvalue weighted by atomic mass is 10.1. The zero-order valence-corrected chi connectivity index (χ0v) is 12.4. The summed E-state index contributed by atoms with van der Waals surface area (Å²) < 4.78 is 4.92. The Balaban J connectivity index is 1.90. The molecule has 2 aliphatic heterocycles. The van der Waals surface area contributed by atoms with Gasteiger partial charge in [-0.05, 0) is 37.6 Å². The molecule has 1 atom stereocenters. The minimum atomic E-state index is -0.936. The van der Waals surface area contributed by atoms with E-state index in [0.717, 1.165) is 11.3 Å². The van der Waals surface area contributed by atoms with Crippen molar-refractivity contribution in [3.63, 3.8) is 0 Å². The number of nitrogens with two attached hydrogens (primary N) is 1. The van der Waals surface area contributed by atoms with E-state index < -0.39 is 18.1 Å². The molecule has 0 radical (unpaired) electrons. The van der Waals surface area contributed by atoms with Crippen molar-refractivity contribution < 1.29 is 19.1 Å². The third-order valence-electron chi connectivity index (χ3n) is 3.89. The summed E-state index contributed by atoms with van der Waals surface area (Å²) in [4.78, 5) is 38.2.